The zero-order valence-corrected chi connectivity index (χ0v) is 20.0. The summed E-state index contributed by atoms with van der Waals surface area (Å²) in [6.07, 6.45) is 12.9. The molecule has 0 unspecified atom stereocenters. The largest absolute Gasteiger partial charge is 0.356 e. The number of nitrogens with zero attached hydrogens (tertiary/aromatic N) is 5. The van der Waals surface area contributed by atoms with Gasteiger partial charge in [-0.2, -0.15) is 0 Å². The fourth-order valence-electron chi connectivity index (χ4n) is 5.90. The van der Waals surface area contributed by atoms with Gasteiger partial charge in [-0.3, -0.25) is 9.78 Å². The molecule has 2 fully saturated rings. The molecule has 0 aromatic carbocycles. The molecular weight excluding hydrogens is 410 g/mol. The normalized spacial score (nSPS) is 21.7. The molecular formula is C27H37N5O. The lowest BCUT2D eigenvalue weighted by atomic mass is 9.87. The van der Waals surface area contributed by atoms with Gasteiger partial charge in [0.25, 0.3) is 0 Å². The number of hydrogen-bond donors (Lipinski definition) is 0. The molecule has 33 heavy (non-hydrogen) atoms. The van der Waals surface area contributed by atoms with Gasteiger partial charge in [0.1, 0.15) is 11.6 Å². The van der Waals surface area contributed by atoms with E-state index in [1.807, 2.05) is 12.3 Å². The van der Waals surface area contributed by atoms with Crippen LogP contribution in [0.3, 0.4) is 0 Å². The highest BCUT2D eigenvalue weighted by Crippen LogP contribution is 2.33. The fourth-order valence-corrected chi connectivity index (χ4v) is 5.90. The molecule has 0 spiro atoms. The second-order valence-corrected chi connectivity index (χ2v) is 10.1. The monoisotopic (exact) mass is 447 g/mol. The van der Waals surface area contributed by atoms with Gasteiger partial charge in [-0.1, -0.05) is 25.3 Å². The first-order valence-electron chi connectivity index (χ1n) is 13.0. The van der Waals surface area contributed by atoms with Crippen molar-refractivity contribution in [3.63, 3.8) is 0 Å². The van der Waals surface area contributed by atoms with Crippen molar-refractivity contribution in [2.75, 3.05) is 31.1 Å². The van der Waals surface area contributed by atoms with Gasteiger partial charge >= 0.3 is 0 Å². The van der Waals surface area contributed by atoms with E-state index in [9.17, 15) is 4.79 Å². The topological polar surface area (TPSA) is 62.2 Å². The number of aryl methyl sites for hydroxylation is 1. The average molecular weight is 448 g/mol. The Kier molecular flexibility index (Phi) is 6.88. The summed E-state index contributed by atoms with van der Waals surface area (Å²) in [5.41, 5.74) is 3.55. The lowest BCUT2D eigenvalue weighted by Gasteiger charge is -2.36. The predicted octanol–water partition coefficient (Wildman–Crippen LogP) is 4.46. The molecule has 1 saturated heterocycles. The number of amides is 1. The number of hydrogen-bond acceptors (Lipinski definition) is 5. The number of pyridine rings is 1. The molecule has 0 radical (unpaired) electrons. The Balaban J connectivity index is 1.32. The Bertz CT molecular complexity index is 956. The highest BCUT2D eigenvalue weighted by atomic mass is 16.2. The minimum Gasteiger partial charge on any atom is -0.356 e. The maximum Gasteiger partial charge on any atom is 0.225 e. The summed E-state index contributed by atoms with van der Waals surface area (Å²) in [4.78, 5) is 32.4. The number of carbonyl (C=O) groups excluding carboxylic acids is 1. The third-order valence-electron chi connectivity index (χ3n) is 7.78. The minimum absolute atomic E-state index is 0.241. The van der Waals surface area contributed by atoms with Gasteiger partial charge in [-0.05, 0) is 57.6 Å². The summed E-state index contributed by atoms with van der Waals surface area (Å²) in [6.45, 7) is 5.77. The first kappa shape index (κ1) is 22.3. The van der Waals surface area contributed by atoms with Crippen molar-refractivity contribution in [2.45, 2.75) is 77.0 Å². The van der Waals surface area contributed by atoms with Crippen molar-refractivity contribution in [2.24, 2.45) is 5.92 Å². The smallest absolute Gasteiger partial charge is 0.225 e. The van der Waals surface area contributed by atoms with E-state index in [1.54, 1.807) is 0 Å². The third-order valence-corrected chi connectivity index (χ3v) is 7.78. The number of fused-ring (bicyclic) bond motifs is 1. The van der Waals surface area contributed by atoms with E-state index in [4.69, 9.17) is 9.97 Å². The number of aromatic nitrogens is 3. The van der Waals surface area contributed by atoms with E-state index < -0.39 is 0 Å². The quantitative estimate of drug-likeness (QED) is 0.677. The molecule has 1 saturated carbocycles. The summed E-state index contributed by atoms with van der Waals surface area (Å²) in [5, 5.41) is 0. The Hall–Kier alpha value is -2.50. The van der Waals surface area contributed by atoms with Crippen LogP contribution < -0.4 is 4.90 Å². The van der Waals surface area contributed by atoms with Crippen LogP contribution >= 0.6 is 0 Å². The fraction of sp³-hybridized carbons (Fsp3) is 0.630. The Labute approximate surface area is 197 Å². The van der Waals surface area contributed by atoms with Crippen molar-refractivity contribution in [1.82, 2.24) is 19.9 Å². The SMILES string of the molecule is Cc1nc([C@H]2CCCN(C(=O)C3CCCCC3)C2)nc2c1CCCN2CCc1ccccn1. The van der Waals surface area contributed by atoms with Crippen LogP contribution in [-0.2, 0) is 17.6 Å². The van der Waals surface area contributed by atoms with E-state index in [2.05, 4.69) is 33.8 Å². The lowest BCUT2D eigenvalue weighted by molar-refractivity contribution is -0.137. The number of likely N-dealkylation sites (tertiary alicyclic amines) is 1. The average Bonchev–Trinajstić information content (AvgIpc) is 2.88. The molecule has 176 valence electrons. The van der Waals surface area contributed by atoms with E-state index >= 15 is 0 Å². The molecule has 4 heterocycles. The molecule has 1 amide bonds. The van der Waals surface area contributed by atoms with Gasteiger partial charge in [0, 0.05) is 67.6 Å². The van der Waals surface area contributed by atoms with E-state index in [0.29, 0.717) is 5.91 Å². The van der Waals surface area contributed by atoms with Crippen LogP contribution in [0.5, 0.6) is 0 Å². The zero-order chi connectivity index (χ0) is 22.6. The Morgan fingerprint density at radius 2 is 1.91 bits per heavy atom. The molecule has 6 heteroatoms. The second kappa shape index (κ2) is 10.2. The summed E-state index contributed by atoms with van der Waals surface area (Å²) in [6, 6.07) is 6.12. The second-order valence-electron chi connectivity index (χ2n) is 10.1. The van der Waals surface area contributed by atoms with Gasteiger partial charge < -0.3 is 9.80 Å². The first-order valence-corrected chi connectivity index (χ1v) is 13.0. The van der Waals surface area contributed by atoms with Crippen LogP contribution in [0.1, 0.15) is 80.1 Å². The highest BCUT2D eigenvalue weighted by molar-refractivity contribution is 5.79. The number of anilines is 1. The van der Waals surface area contributed by atoms with Crippen LogP contribution in [0.4, 0.5) is 5.82 Å². The van der Waals surface area contributed by atoms with Crippen LogP contribution in [0.2, 0.25) is 0 Å². The molecule has 1 aliphatic carbocycles. The summed E-state index contributed by atoms with van der Waals surface area (Å²) < 4.78 is 0. The molecule has 5 rings (SSSR count). The molecule has 2 aliphatic heterocycles. The molecule has 3 aliphatic rings. The van der Waals surface area contributed by atoms with Gasteiger partial charge in [-0.25, -0.2) is 9.97 Å². The Morgan fingerprint density at radius 3 is 2.73 bits per heavy atom. The van der Waals surface area contributed by atoms with Crippen LogP contribution in [0.25, 0.3) is 0 Å². The molecule has 2 aromatic heterocycles. The number of rotatable bonds is 5. The van der Waals surface area contributed by atoms with Gasteiger partial charge in [0.15, 0.2) is 0 Å². The van der Waals surface area contributed by atoms with Crippen LogP contribution in [0, 0.1) is 12.8 Å². The Morgan fingerprint density at radius 1 is 1.03 bits per heavy atom. The van der Waals surface area contributed by atoms with Crippen LogP contribution in [0.15, 0.2) is 24.4 Å². The van der Waals surface area contributed by atoms with Crippen molar-refractivity contribution < 1.29 is 4.79 Å². The van der Waals surface area contributed by atoms with Gasteiger partial charge in [0.2, 0.25) is 5.91 Å². The van der Waals surface area contributed by atoms with Gasteiger partial charge in [-0.15, -0.1) is 0 Å². The van der Waals surface area contributed by atoms with Crippen molar-refractivity contribution >= 4 is 11.7 Å². The summed E-state index contributed by atoms with van der Waals surface area (Å²) in [5.74, 6) is 2.93. The molecule has 0 bridgehead atoms. The standard InChI is InChI=1S/C27H37N5O/c1-20-24-13-8-16-31(18-14-23-12-5-6-15-28-23)26(24)30-25(29-20)22-11-7-17-32(19-22)27(33)21-9-3-2-4-10-21/h5-6,12,15,21-22H,2-4,7-11,13-14,16-19H2,1H3/t22-/m0/s1. The number of piperidine rings is 1. The van der Waals surface area contributed by atoms with E-state index in [0.717, 1.165) is 94.2 Å². The van der Waals surface area contributed by atoms with Gasteiger partial charge in [0.05, 0.1) is 0 Å². The highest BCUT2D eigenvalue weighted by Gasteiger charge is 2.32. The van der Waals surface area contributed by atoms with E-state index in [-0.39, 0.29) is 11.8 Å². The third kappa shape index (κ3) is 5.04. The minimum atomic E-state index is 0.241. The molecule has 1 atom stereocenters. The van der Waals surface area contributed by atoms with Crippen molar-refractivity contribution in [1.29, 1.82) is 0 Å². The number of carbonyl (C=O) groups is 1. The molecule has 6 nitrogen and oxygen atoms in total. The van der Waals surface area contributed by atoms with Crippen molar-refractivity contribution in [3.05, 3.63) is 47.2 Å². The predicted molar refractivity (Wildman–Crippen MR) is 130 cm³/mol. The van der Waals surface area contributed by atoms with Crippen LogP contribution in [-0.4, -0.2) is 51.9 Å². The first-order chi connectivity index (χ1) is 16.2. The van der Waals surface area contributed by atoms with Crippen molar-refractivity contribution in [3.8, 4) is 0 Å². The maximum atomic E-state index is 13.2. The maximum absolute atomic E-state index is 13.2. The molecule has 0 N–H and O–H groups in total. The summed E-state index contributed by atoms with van der Waals surface area (Å²) >= 11 is 0. The lowest BCUT2D eigenvalue weighted by Crippen LogP contribution is -2.43. The molecule has 2 aromatic rings. The zero-order valence-electron chi connectivity index (χ0n) is 20.0. The summed E-state index contributed by atoms with van der Waals surface area (Å²) in [7, 11) is 0. The van der Waals surface area contributed by atoms with E-state index in [1.165, 1.54) is 24.8 Å².